The number of ether oxygens (including phenoxy) is 2. The van der Waals surface area contributed by atoms with E-state index in [0.717, 1.165) is 31.1 Å². The van der Waals surface area contributed by atoms with Crippen molar-refractivity contribution in [1.29, 1.82) is 0 Å². The summed E-state index contributed by atoms with van der Waals surface area (Å²) in [5.41, 5.74) is 0.252. The van der Waals surface area contributed by atoms with Gasteiger partial charge in [-0.05, 0) is 30.4 Å². The van der Waals surface area contributed by atoms with Crippen LogP contribution in [-0.2, 0) is 14.3 Å². The van der Waals surface area contributed by atoms with Gasteiger partial charge in [-0.15, -0.1) is 0 Å². The summed E-state index contributed by atoms with van der Waals surface area (Å²) >= 11 is 1.89. The van der Waals surface area contributed by atoms with E-state index in [1.807, 2.05) is 11.8 Å². The Morgan fingerprint density at radius 1 is 1.38 bits per heavy atom. The third-order valence-electron chi connectivity index (χ3n) is 2.83. The highest BCUT2D eigenvalue weighted by molar-refractivity contribution is 7.99. The van der Waals surface area contributed by atoms with E-state index in [0.29, 0.717) is 6.42 Å². The molecule has 16 heavy (non-hydrogen) atoms. The smallest absolute Gasteiger partial charge is 0.306 e. The SMILES string of the molecule is CCCOCCSCC1(CC(=O)OC)CC1. The van der Waals surface area contributed by atoms with Crippen LogP contribution in [0.3, 0.4) is 0 Å². The van der Waals surface area contributed by atoms with Crippen molar-refractivity contribution in [1.82, 2.24) is 0 Å². The summed E-state index contributed by atoms with van der Waals surface area (Å²) < 4.78 is 10.1. The van der Waals surface area contributed by atoms with Gasteiger partial charge in [-0.2, -0.15) is 11.8 Å². The molecule has 0 aromatic heterocycles. The van der Waals surface area contributed by atoms with Crippen molar-refractivity contribution in [3.63, 3.8) is 0 Å². The number of hydrogen-bond acceptors (Lipinski definition) is 4. The van der Waals surface area contributed by atoms with Crippen molar-refractivity contribution < 1.29 is 14.3 Å². The van der Waals surface area contributed by atoms with Gasteiger partial charge in [0.15, 0.2) is 0 Å². The van der Waals surface area contributed by atoms with Crippen LogP contribution in [-0.4, -0.2) is 37.8 Å². The van der Waals surface area contributed by atoms with Crippen molar-refractivity contribution >= 4 is 17.7 Å². The Labute approximate surface area is 102 Å². The Morgan fingerprint density at radius 2 is 2.12 bits per heavy atom. The van der Waals surface area contributed by atoms with E-state index in [1.165, 1.54) is 20.0 Å². The zero-order chi connectivity index (χ0) is 11.9. The highest BCUT2D eigenvalue weighted by atomic mass is 32.2. The van der Waals surface area contributed by atoms with Gasteiger partial charge in [0, 0.05) is 12.4 Å². The van der Waals surface area contributed by atoms with Crippen LogP contribution in [0.2, 0.25) is 0 Å². The third-order valence-corrected chi connectivity index (χ3v) is 4.10. The van der Waals surface area contributed by atoms with Gasteiger partial charge in [-0.3, -0.25) is 4.79 Å². The normalized spacial score (nSPS) is 17.1. The second-order valence-electron chi connectivity index (χ2n) is 4.42. The van der Waals surface area contributed by atoms with Crippen LogP contribution in [0.25, 0.3) is 0 Å². The van der Waals surface area contributed by atoms with Gasteiger partial charge < -0.3 is 9.47 Å². The molecule has 0 heterocycles. The van der Waals surface area contributed by atoms with Gasteiger partial charge >= 0.3 is 5.97 Å². The average Bonchev–Trinajstić information content (AvgIpc) is 3.03. The predicted molar refractivity (Wildman–Crippen MR) is 66.7 cm³/mol. The summed E-state index contributed by atoms with van der Waals surface area (Å²) in [5, 5.41) is 0. The van der Waals surface area contributed by atoms with Gasteiger partial charge in [0.1, 0.15) is 0 Å². The molecule has 0 aromatic rings. The zero-order valence-electron chi connectivity index (χ0n) is 10.3. The first-order valence-electron chi connectivity index (χ1n) is 5.95. The molecule has 0 radical (unpaired) electrons. The van der Waals surface area contributed by atoms with Crippen LogP contribution in [0.1, 0.15) is 32.6 Å². The molecule has 0 atom stereocenters. The highest BCUT2D eigenvalue weighted by Gasteiger charge is 2.44. The molecular weight excluding hydrogens is 224 g/mol. The lowest BCUT2D eigenvalue weighted by atomic mass is 10.1. The number of carbonyl (C=O) groups excluding carboxylic acids is 1. The van der Waals surface area contributed by atoms with Gasteiger partial charge in [0.2, 0.25) is 0 Å². The third kappa shape index (κ3) is 5.21. The summed E-state index contributed by atoms with van der Waals surface area (Å²) in [5.74, 6) is 2.03. The minimum atomic E-state index is -0.0691. The monoisotopic (exact) mass is 246 g/mol. The lowest BCUT2D eigenvalue weighted by molar-refractivity contribution is -0.141. The number of esters is 1. The number of methoxy groups -OCH3 is 1. The number of thioether (sulfide) groups is 1. The fourth-order valence-electron chi connectivity index (χ4n) is 1.58. The summed E-state index contributed by atoms with van der Waals surface area (Å²) in [4.78, 5) is 11.2. The Hall–Kier alpha value is -0.220. The quantitative estimate of drug-likeness (QED) is 0.462. The van der Waals surface area contributed by atoms with E-state index in [-0.39, 0.29) is 11.4 Å². The van der Waals surface area contributed by atoms with Crippen molar-refractivity contribution in [2.24, 2.45) is 5.41 Å². The largest absolute Gasteiger partial charge is 0.469 e. The lowest BCUT2D eigenvalue weighted by Crippen LogP contribution is -2.13. The van der Waals surface area contributed by atoms with Crippen molar-refractivity contribution in [3.05, 3.63) is 0 Å². The number of rotatable bonds is 9. The van der Waals surface area contributed by atoms with E-state index in [1.54, 1.807) is 0 Å². The Bertz CT molecular complexity index is 214. The van der Waals surface area contributed by atoms with Gasteiger partial charge in [-0.1, -0.05) is 6.92 Å². The van der Waals surface area contributed by atoms with Gasteiger partial charge in [-0.25, -0.2) is 0 Å². The standard InChI is InChI=1S/C12H22O3S/c1-3-6-15-7-8-16-10-12(4-5-12)9-11(13)14-2/h3-10H2,1-2H3. The molecule has 0 saturated heterocycles. The fourth-order valence-corrected chi connectivity index (χ4v) is 2.78. The molecule has 0 unspecified atom stereocenters. The topological polar surface area (TPSA) is 35.5 Å². The van der Waals surface area contributed by atoms with Crippen molar-refractivity contribution in [3.8, 4) is 0 Å². The van der Waals surface area contributed by atoms with Crippen molar-refractivity contribution in [2.75, 3.05) is 31.8 Å². The molecule has 0 N–H and O–H groups in total. The Balaban J connectivity index is 2.01. The maximum absolute atomic E-state index is 11.2. The number of hydrogen-bond donors (Lipinski definition) is 0. The molecule has 0 amide bonds. The van der Waals surface area contributed by atoms with E-state index in [9.17, 15) is 4.79 Å². The van der Waals surface area contributed by atoms with E-state index < -0.39 is 0 Å². The fraction of sp³-hybridized carbons (Fsp3) is 0.917. The van der Waals surface area contributed by atoms with Gasteiger partial charge in [0.05, 0.1) is 20.1 Å². The summed E-state index contributed by atoms with van der Waals surface area (Å²) in [6, 6.07) is 0. The molecule has 0 bridgehead atoms. The van der Waals surface area contributed by atoms with Crippen LogP contribution in [0.5, 0.6) is 0 Å². The van der Waals surface area contributed by atoms with Crippen LogP contribution >= 0.6 is 11.8 Å². The Morgan fingerprint density at radius 3 is 2.69 bits per heavy atom. The van der Waals surface area contributed by atoms with Crippen LogP contribution in [0.4, 0.5) is 0 Å². The number of carbonyl (C=O) groups is 1. The minimum absolute atomic E-state index is 0.0691. The first-order chi connectivity index (χ1) is 7.72. The van der Waals surface area contributed by atoms with Crippen LogP contribution in [0.15, 0.2) is 0 Å². The second-order valence-corrected chi connectivity index (χ2v) is 5.52. The van der Waals surface area contributed by atoms with E-state index >= 15 is 0 Å². The molecule has 1 aliphatic rings. The summed E-state index contributed by atoms with van der Waals surface area (Å²) in [6.07, 6.45) is 4.01. The molecular formula is C12H22O3S. The maximum atomic E-state index is 11.2. The molecule has 1 rings (SSSR count). The predicted octanol–water partition coefficient (Wildman–Crippen LogP) is 2.49. The summed E-state index contributed by atoms with van der Waals surface area (Å²) in [6.45, 7) is 3.80. The first-order valence-corrected chi connectivity index (χ1v) is 7.10. The van der Waals surface area contributed by atoms with Crippen LogP contribution in [0, 0.1) is 5.41 Å². The molecule has 0 spiro atoms. The van der Waals surface area contributed by atoms with Crippen molar-refractivity contribution in [2.45, 2.75) is 32.6 Å². The first kappa shape index (κ1) is 13.8. The average molecular weight is 246 g/mol. The Kier molecular flexibility index (Phi) is 6.21. The second kappa shape index (κ2) is 7.17. The molecule has 0 aliphatic heterocycles. The van der Waals surface area contributed by atoms with Gasteiger partial charge in [0.25, 0.3) is 0 Å². The molecule has 4 heteroatoms. The lowest BCUT2D eigenvalue weighted by Gasteiger charge is -2.12. The zero-order valence-corrected chi connectivity index (χ0v) is 11.1. The molecule has 1 aliphatic carbocycles. The molecule has 1 fully saturated rings. The molecule has 3 nitrogen and oxygen atoms in total. The maximum Gasteiger partial charge on any atom is 0.306 e. The minimum Gasteiger partial charge on any atom is -0.469 e. The molecule has 1 saturated carbocycles. The summed E-state index contributed by atoms with van der Waals surface area (Å²) in [7, 11) is 1.46. The van der Waals surface area contributed by atoms with E-state index in [4.69, 9.17) is 9.47 Å². The highest BCUT2D eigenvalue weighted by Crippen LogP contribution is 2.51. The van der Waals surface area contributed by atoms with Crippen LogP contribution < -0.4 is 0 Å². The molecule has 0 aromatic carbocycles. The molecule has 94 valence electrons. The van der Waals surface area contributed by atoms with E-state index in [2.05, 4.69) is 6.92 Å².